The number of benzene rings is 2. The van der Waals surface area contributed by atoms with Crippen LogP contribution in [0.2, 0.25) is 0 Å². The molecule has 0 saturated carbocycles. The van der Waals surface area contributed by atoms with Crippen molar-refractivity contribution in [2.24, 2.45) is 0 Å². The van der Waals surface area contributed by atoms with Crippen LogP contribution in [0.5, 0.6) is 0 Å². The number of aromatic amines is 1. The number of halogens is 1. The topological polar surface area (TPSA) is 40.7 Å². The highest BCUT2D eigenvalue weighted by Gasteiger charge is 2.10. The van der Waals surface area contributed by atoms with Crippen molar-refractivity contribution < 1.29 is 4.39 Å². The third-order valence-corrected chi connectivity index (χ3v) is 3.45. The minimum atomic E-state index is -0.221. The summed E-state index contributed by atoms with van der Waals surface area (Å²) in [5.41, 5.74) is 4.21. The zero-order chi connectivity index (χ0) is 14.7. The summed E-state index contributed by atoms with van der Waals surface area (Å²) in [7, 11) is 0. The summed E-state index contributed by atoms with van der Waals surface area (Å²) in [6.45, 7) is 2.64. The highest BCUT2D eigenvalue weighted by molar-refractivity contribution is 5.68. The second-order valence-electron chi connectivity index (χ2n) is 4.92. The van der Waals surface area contributed by atoms with Crippen molar-refractivity contribution in [2.75, 3.05) is 5.32 Å². The molecule has 0 aliphatic carbocycles. The van der Waals surface area contributed by atoms with E-state index in [1.807, 2.05) is 37.3 Å². The largest absolute Gasteiger partial charge is 0.364 e. The molecule has 106 valence electrons. The van der Waals surface area contributed by atoms with E-state index < -0.39 is 0 Å². The van der Waals surface area contributed by atoms with Crippen LogP contribution in [0.15, 0.2) is 54.6 Å². The monoisotopic (exact) mass is 281 g/mol. The lowest BCUT2D eigenvalue weighted by Gasteiger charge is -2.05. The zero-order valence-electron chi connectivity index (χ0n) is 11.7. The number of hydrogen-bond acceptors (Lipinski definition) is 2. The summed E-state index contributed by atoms with van der Waals surface area (Å²) >= 11 is 0. The molecule has 0 spiro atoms. The molecule has 3 rings (SSSR count). The molecule has 0 radical (unpaired) electrons. The highest BCUT2D eigenvalue weighted by Crippen LogP contribution is 2.25. The Morgan fingerprint density at radius 1 is 1.05 bits per heavy atom. The van der Waals surface area contributed by atoms with Crippen molar-refractivity contribution in [3.8, 4) is 11.3 Å². The summed E-state index contributed by atoms with van der Waals surface area (Å²) in [6, 6.07) is 16.5. The van der Waals surface area contributed by atoms with Gasteiger partial charge in [-0.05, 0) is 30.2 Å². The van der Waals surface area contributed by atoms with Crippen LogP contribution in [0, 0.1) is 12.7 Å². The molecule has 2 aromatic carbocycles. The SMILES string of the molecule is Cc1c(NCc2ccc(F)cc2)n[nH]c1-c1ccccc1. The molecule has 0 fully saturated rings. The van der Waals surface area contributed by atoms with Gasteiger partial charge in [0.15, 0.2) is 5.82 Å². The van der Waals surface area contributed by atoms with Gasteiger partial charge < -0.3 is 5.32 Å². The first-order valence-electron chi connectivity index (χ1n) is 6.83. The van der Waals surface area contributed by atoms with Gasteiger partial charge in [-0.3, -0.25) is 5.10 Å². The van der Waals surface area contributed by atoms with E-state index in [9.17, 15) is 4.39 Å². The van der Waals surface area contributed by atoms with Crippen molar-refractivity contribution in [3.63, 3.8) is 0 Å². The number of hydrogen-bond donors (Lipinski definition) is 2. The summed E-state index contributed by atoms with van der Waals surface area (Å²) in [5.74, 6) is 0.597. The summed E-state index contributed by atoms with van der Waals surface area (Å²) < 4.78 is 12.9. The third-order valence-electron chi connectivity index (χ3n) is 3.45. The van der Waals surface area contributed by atoms with E-state index in [0.717, 1.165) is 28.2 Å². The first-order valence-corrected chi connectivity index (χ1v) is 6.83. The quantitative estimate of drug-likeness (QED) is 0.754. The standard InChI is InChI=1S/C17H16FN3/c1-12-16(14-5-3-2-4-6-14)20-21-17(12)19-11-13-7-9-15(18)10-8-13/h2-10H,11H2,1H3,(H2,19,20,21). The molecule has 0 aliphatic heterocycles. The molecule has 0 unspecified atom stereocenters. The lowest BCUT2D eigenvalue weighted by Crippen LogP contribution is -2.00. The van der Waals surface area contributed by atoms with Crippen LogP contribution in [0.4, 0.5) is 10.2 Å². The molecule has 0 bridgehead atoms. The Bertz CT molecular complexity index is 718. The normalized spacial score (nSPS) is 10.6. The molecular formula is C17H16FN3. The predicted octanol–water partition coefficient (Wildman–Crippen LogP) is 4.14. The van der Waals surface area contributed by atoms with Crippen LogP contribution in [0.3, 0.4) is 0 Å². The second kappa shape index (κ2) is 5.79. The number of H-pyrrole nitrogens is 1. The number of rotatable bonds is 4. The maximum absolute atomic E-state index is 12.9. The van der Waals surface area contributed by atoms with Gasteiger partial charge in [-0.15, -0.1) is 0 Å². The fourth-order valence-corrected chi connectivity index (χ4v) is 2.24. The van der Waals surface area contributed by atoms with E-state index in [4.69, 9.17) is 0 Å². The van der Waals surface area contributed by atoms with Crippen LogP contribution in [-0.2, 0) is 6.54 Å². The molecule has 0 amide bonds. The van der Waals surface area contributed by atoms with E-state index in [1.165, 1.54) is 12.1 Å². The first kappa shape index (κ1) is 13.4. The Balaban J connectivity index is 1.75. The van der Waals surface area contributed by atoms with Gasteiger partial charge in [0, 0.05) is 12.1 Å². The van der Waals surface area contributed by atoms with Crippen LogP contribution in [0.25, 0.3) is 11.3 Å². The molecule has 0 atom stereocenters. The predicted molar refractivity (Wildman–Crippen MR) is 82.5 cm³/mol. The van der Waals surface area contributed by atoms with Crippen LogP contribution in [0.1, 0.15) is 11.1 Å². The summed E-state index contributed by atoms with van der Waals surface area (Å²) in [4.78, 5) is 0. The Hall–Kier alpha value is -2.62. The van der Waals surface area contributed by atoms with Gasteiger partial charge in [0.05, 0.1) is 5.69 Å². The molecule has 0 saturated heterocycles. The van der Waals surface area contributed by atoms with E-state index in [2.05, 4.69) is 15.5 Å². The van der Waals surface area contributed by atoms with Gasteiger partial charge >= 0.3 is 0 Å². The molecule has 1 heterocycles. The average Bonchev–Trinajstić information content (AvgIpc) is 2.89. The Morgan fingerprint density at radius 2 is 1.76 bits per heavy atom. The van der Waals surface area contributed by atoms with E-state index in [0.29, 0.717) is 6.54 Å². The van der Waals surface area contributed by atoms with Gasteiger partial charge in [0.25, 0.3) is 0 Å². The summed E-state index contributed by atoms with van der Waals surface area (Å²) in [5, 5.41) is 10.7. The maximum atomic E-state index is 12.9. The van der Waals surface area contributed by atoms with E-state index in [1.54, 1.807) is 12.1 Å². The van der Waals surface area contributed by atoms with Crippen molar-refractivity contribution in [1.29, 1.82) is 0 Å². The van der Waals surface area contributed by atoms with Crippen LogP contribution < -0.4 is 5.32 Å². The number of nitrogens with one attached hydrogen (secondary N) is 2. The van der Waals surface area contributed by atoms with Gasteiger partial charge in [0.1, 0.15) is 5.82 Å². The van der Waals surface area contributed by atoms with Gasteiger partial charge in [0.2, 0.25) is 0 Å². The zero-order valence-corrected chi connectivity index (χ0v) is 11.7. The highest BCUT2D eigenvalue weighted by atomic mass is 19.1. The second-order valence-corrected chi connectivity index (χ2v) is 4.92. The molecule has 3 aromatic rings. The molecule has 0 aliphatic rings. The smallest absolute Gasteiger partial charge is 0.151 e. The third kappa shape index (κ3) is 2.94. The molecule has 21 heavy (non-hydrogen) atoms. The van der Waals surface area contributed by atoms with Crippen molar-refractivity contribution in [3.05, 3.63) is 71.5 Å². The first-order chi connectivity index (χ1) is 10.2. The fraction of sp³-hybridized carbons (Fsp3) is 0.118. The van der Waals surface area contributed by atoms with Crippen LogP contribution >= 0.6 is 0 Å². The molecule has 1 aromatic heterocycles. The van der Waals surface area contributed by atoms with Crippen LogP contribution in [-0.4, -0.2) is 10.2 Å². The Morgan fingerprint density at radius 3 is 2.48 bits per heavy atom. The molecule has 3 nitrogen and oxygen atoms in total. The molecule has 2 N–H and O–H groups in total. The lowest BCUT2D eigenvalue weighted by molar-refractivity contribution is 0.627. The number of nitrogens with zero attached hydrogens (tertiary/aromatic N) is 1. The van der Waals surface area contributed by atoms with Crippen molar-refractivity contribution in [2.45, 2.75) is 13.5 Å². The van der Waals surface area contributed by atoms with E-state index in [-0.39, 0.29) is 5.82 Å². The van der Waals surface area contributed by atoms with Gasteiger partial charge in [-0.25, -0.2) is 4.39 Å². The van der Waals surface area contributed by atoms with Crippen molar-refractivity contribution >= 4 is 5.82 Å². The van der Waals surface area contributed by atoms with Crippen molar-refractivity contribution in [1.82, 2.24) is 10.2 Å². The lowest BCUT2D eigenvalue weighted by atomic mass is 10.1. The average molecular weight is 281 g/mol. The van der Waals surface area contributed by atoms with Gasteiger partial charge in [-0.2, -0.15) is 5.10 Å². The minimum Gasteiger partial charge on any atom is -0.364 e. The Labute approximate surface area is 122 Å². The number of aromatic nitrogens is 2. The van der Waals surface area contributed by atoms with E-state index >= 15 is 0 Å². The summed E-state index contributed by atoms with van der Waals surface area (Å²) in [6.07, 6.45) is 0. The molecular weight excluding hydrogens is 265 g/mol. The minimum absolute atomic E-state index is 0.221. The Kier molecular flexibility index (Phi) is 3.69. The number of anilines is 1. The molecule has 4 heteroatoms. The maximum Gasteiger partial charge on any atom is 0.151 e. The van der Waals surface area contributed by atoms with Gasteiger partial charge in [-0.1, -0.05) is 42.5 Å². The fourth-order valence-electron chi connectivity index (χ4n) is 2.24.